The number of benzene rings is 8. The van der Waals surface area contributed by atoms with Crippen molar-refractivity contribution in [3.63, 3.8) is 0 Å². The lowest BCUT2D eigenvalue weighted by Gasteiger charge is -2.21. The summed E-state index contributed by atoms with van der Waals surface area (Å²) in [6, 6.07) is 64.2. The third-order valence-corrected chi connectivity index (χ3v) is 12.6. The Bertz CT molecular complexity index is 3090. The van der Waals surface area contributed by atoms with E-state index in [2.05, 4.69) is 179 Å². The highest BCUT2D eigenvalue weighted by atomic mass is 28.2. The lowest BCUT2D eigenvalue weighted by Crippen LogP contribution is -2.32. The summed E-state index contributed by atoms with van der Waals surface area (Å²) in [6.07, 6.45) is 0. The quantitative estimate of drug-likeness (QED) is 0.143. The number of para-hydroxylation sites is 4. The van der Waals surface area contributed by atoms with Crippen molar-refractivity contribution in [1.82, 2.24) is 9.13 Å². The summed E-state index contributed by atoms with van der Waals surface area (Å²) in [7, 11) is 0.454. The van der Waals surface area contributed by atoms with E-state index in [1.807, 2.05) is 0 Å². The van der Waals surface area contributed by atoms with Crippen molar-refractivity contribution >= 4 is 63.5 Å². The molecule has 0 saturated heterocycles. The van der Waals surface area contributed by atoms with Crippen LogP contribution in [0.2, 0.25) is 0 Å². The van der Waals surface area contributed by atoms with E-state index in [0.717, 1.165) is 5.69 Å². The minimum Gasteiger partial charge on any atom is -0.309 e. The SMILES string of the molecule is c1ccc2c(c1)c1cccc3c1n2-c1ccc2c(c1)-n1c4ccccc4c4cccc(c41)-c1ccc(cc1)-c1cc(ccc1[Si]2)-c1ccc-3cc1. The Hall–Kier alpha value is -6.42. The van der Waals surface area contributed by atoms with Gasteiger partial charge in [0.05, 0.1) is 22.1 Å². The second-order valence-electron chi connectivity index (χ2n) is 13.9. The number of aromatic nitrogens is 2. The molecule has 8 aliphatic heterocycles. The summed E-state index contributed by atoms with van der Waals surface area (Å²) in [6.45, 7) is 0. The molecule has 0 N–H and O–H groups in total. The number of nitrogens with zero attached hydrogens (tertiary/aromatic N) is 2. The predicted molar refractivity (Wildman–Crippen MR) is 215 cm³/mol. The molecule has 10 heterocycles. The second-order valence-corrected chi connectivity index (χ2v) is 15.2. The maximum absolute atomic E-state index is 2.56. The first kappa shape index (κ1) is 27.4. The molecule has 0 atom stereocenters. The molecule has 8 aliphatic rings. The highest BCUT2D eigenvalue weighted by molar-refractivity contribution is 6.70. The summed E-state index contributed by atoms with van der Waals surface area (Å²) < 4.78 is 5.07. The maximum atomic E-state index is 2.56. The lowest BCUT2D eigenvalue weighted by atomic mass is 9.95. The largest absolute Gasteiger partial charge is 0.309 e. The first-order valence-corrected chi connectivity index (χ1v) is 18.6. The normalized spacial score (nSPS) is 12.6. The van der Waals surface area contributed by atoms with Gasteiger partial charge < -0.3 is 9.13 Å². The van der Waals surface area contributed by atoms with Gasteiger partial charge in [-0.3, -0.25) is 0 Å². The topological polar surface area (TPSA) is 9.86 Å². The smallest absolute Gasteiger partial charge is 0.125 e. The summed E-state index contributed by atoms with van der Waals surface area (Å²) in [5.41, 5.74) is 17.3. The number of fused-ring (bicyclic) bond motifs is 6. The molecule has 3 heteroatoms. The van der Waals surface area contributed by atoms with Crippen molar-refractivity contribution in [3.8, 4) is 55.9 Å². The van der Waals surface area contributed by atoms with E-state index < -0.39 is 0 Å². The molecule has 234 valence electrons. The molecule has 0 fully saturated rings. The summed E-state index contributed by atoms with van der Waals surface area (Å²) in [5, 5.41) is 7.77. The van der Waals surface area contributed by atoms with Crippen LogP contribution in [0.25, 0.3) is 99.5 Å². The third-order valence-electron chi connectivity index (χ3n) is 11.2. The van der Waals surface area contributed by atoms with Gasteiger partial charge in [0.25, 0.3) is 0 Å². The zero-order valence-corrected chi connectivity index (χ0v) is 28.6. The van der Waals surface area contributed by atoms with Crippen molar-refractivity contribution in [1.29, 1.82) is 0 Å². The Morgan fingerprint density at radius 1 is 0.333 bits per heavy atom. The van der Waals surface area contributed by atoms with E-state index in [0.29, 0.717) is 9.52 Å². The Balaban J connectivity index is 1.32. The molecule has 0 saturated carbocycles. The molecule has 2 aromatic heterocycles. The van der Waals surface area contributed by atoms with Crippen LogP contribution in [-0.4, -0.2) is 18.7 Å². The van der Waals surface area contributed by atoms with Gasteiger partial charge in [0.2, 0.25) is 0 Å². The van der Waals surface area contributed by atoms with Crippen molar-refractivity contribution in [2.45, 2.75) is 0 Å². The van der Waals surface area contributed by atoms with E-state index in [-0.39, 0.29) is 0 Å². The summed E-state index contributed by atoms with van der Waals surface area (Å²) in [4.78, 5) is 0. The standard InChI is InChI=1S/C48H28N2Si/c1-3-13-42-37(7-1)39-11-5-9-35-30-17-15-29(16-18-30)33-23-25-45-41(27-33)32-21-19-31(20-22-32)36-10-6-12-40-38-8-2-4-14-43(38)50(48(36)40)44-28-34(49(42)47(35)39)24-26-46(44)51-45/h1-28H. The van der Waals surface area contributed by atoms with Gasteiger partial charge in [0, 0.05) is 44.0 Å². The molecule has 0 spiro atoms. The second kappa shape index (κ2) is 10.1. The minimum absolute atomic E-state index is 0.454. The molecule has 0 aliphatic carbocycles. The van der Waals surface area contributed by atoms with E-state index in [1.54, 1.807) is 0 Å². The van der Waals surface area contributed by atoms with E-state index in [9.17, 15) is 0 Å². The van der Waals surface area contributed by atoms with Crippen LogP contribution in [0.15, 0.2) is 170 Å². The first-order chi connectivity index (χ1) is 25.3. The van der Waals surface area contributed by atoms with Crippen LogP contribution in [0.5, 0.6) is 0 Å². The predicted octanol–water partition coefficient (Wildman–Crippen LogP) is 10.8. The molecule has 10 bridgehead atoms. The Morgan fingerprint density at radius 3 is 1.51 bits per heavy atom. The molecular formula is C48H28N2Si. The Morgan fingerprint density at radius 2 is 0.843 bits per heavy atom. The average Bonchev–Trinajstić information content (AvgIpc) is 3.71. The van der Waals surface area contributed by atoms with Crippen LogP contribution < -0.4 is 10.4 Å². The fourth-order valence-corrected chi connectivity index (χ4v) is 10.1. The lowest BCUT2D eigenvalue weighted by molar-refractivity contribution is 1.14. The van der Waals surface area contributed by atoms with Gasteiger partial charge >= 0.3 is 0 Å². The molecule has 2 nitrogen and oxygen atoms in total. The molecule has 0 unspecified atom stereocenters. The zero-order valence-electron chi connectivity index (χ0n) is 27.6. The van der Waals surface area contributed by atoms with Crippen molar-refractivity contribution in [2.24, 2.45) is 0 Å². The van der Waals surface area contributed by atoms with Gasteiger partial charge in [-0.1, -0.05) is 145 Å². The minimum atomic E-state index is 0.454. The maximum Gasteiger partial charge on any atom is 0.125 e. The van der Waals surface area contributed by atoms with Gasteiger partial charge in [-0.2, -0.15) is 0 Å². The fraction of sp³-hybridized carbons (Fsp3) is 0. The van der Waals surface area contributed by atoms with Crippen LogP contribution in [0, 0.1) is 0 Å². The van der Waals surface area contributed by atoms with Crippen LogP contribution in [-0.2, 0) is 0 Å². The van der Waals surface area contributed by atoms with Gasteiger partial charge in [-0.25, -0.2) is 0 Å². The van der Waals surface area contributed by atoms with Crippen LogP contribution in [0.4, 0.5) is 0 Å². The molecular weight excluding hydrogens is 633 g/mol. The monoisotopic (exact) mass is 660 g/mol. The van der Waals surface area contributed by atoms with Crippen molar-refractivity contribution in [3.05, 3.63) is 170 Å². The molecule has 2 radical (unpaired) electrons. The summed E-state index contributed by atoms with van der Waals surface area (Å²) >= 11 is 0. The number of hydrogen-bond acceptors (Lipinski definition) is 0. The number of hydrogen-bond donors (Lipinski definition) is 0. The van der Waals surface area contributed by atoms with Gasteiger partial charge in [0.15, 0.2) is 0 Å². The van der Waals surface area contributed by atoms with E-state index in [1.165, 1.54) is 104 Å². The average molecular weight is 661 g/mol. The number of rotatable bonds is 0. The third kappa shape index (κ3) is 3.76. The molecule has 10 aromatic rings. The highest BCUT2D eigenvalue weighted by Crippen LogP contribution is 2.42. The van der Waals surface area contributed by atoms with Gasteiger partial charge in [0.1, 0.15) is 9.52 Å². The summed E-state index contributed by atoms with van der Waals surface area (Å²) in [5.74, 6) is 0. The van der Waals surface area contributed by atoms with Crippen LogP contribution >= 0.6 is 0 Å². The zero-order chi connectivity index (χ0) is 33.2. The van der Waals surface area contributed by atoms with Crippen LogP contribution in [0.1, 0.15) is 0 Å². The fourth-order valence-electron chi connectivity index (χ4n) is 8.86. The van der Waals surface area contributed by atoms with Crippen LogP contribution in [0.3, 0.4) is 0 Å². The van der Waals surface area contributed by atoms with Crippen molar-refractivity contribution in [2.75, 3.05) is 0 Å². The molecule has 51 heavy (non-hydrogen) atoms. The molecule has 0 amide bonds. The Kier molecular flexibility index (Phi) is 5.41. The molecule has 18 rings (SSSR count). The van der Waals surface area contributed by atoms with Gasteiger partial charge in [-0.05, 0) is 68.9 Å². The van der Waals surface area contributed by atoms with E-state index >= 15 is 0 Å². The van der Waals surface area contributed by atoms with E-state index in [4.69, 9.17) is 0 Å². The molecule has 8 aromatic carbocycles. The highest BCUT2D eigenvalue weighted by Gasteiger charge is 2.23. The first-order valence-electron chi connectivity index (χ1n) is 17.6. The Labute approximate surface area is 297 Å². The van der Waals surface area contributed by atoms with Gasteiger partial charge in [-0.15, -0.1) is 0 Å². The van der Waals surface area contributed by atoms with Crippen molar-refractivity contribution < 1.29 is 0 Å².